The van der Waals surface area contributed by atoms with Crippen molar-refractivity contribution in [2.45, 2.75) is 12.6 Å². The Bertz CT molecular complexity index is 631. The van der Waals surface area contributed by atoms with E-state index in [4.69, 9.17) is 11.6 Å². The Morgan fingerprint density at radius 2 is 2.20 bits per heavy atom. The van der Waals surface area contributed by atoms with Gasteiger partial charge in [-0.05, 0) is 29.6 Å². The van der Waals surface area contributed by atoms with Gasteiger partial charge in [-0.2, -0.15) is 5.10 Å². The van der Waals surface area contributed by atoms with Gasteiger partial charge < -0.3 is 5.32 Å². The molecule has 1 atom stereocenters. The summed E-state index contributed by atoms with van der Waals surface area (Å²) in [6, 6.07) is 10.4. The molecule has 104 valence electrons. The number of aromatic nitrogens is 2. The molecule has 20 heavy (non-hydrogen) atoms. The third kappa shape index (κ3) is 3.30. The first-order valence-electron chi connectivity index (χ1n) is 6.32. The van der Waals surface area contributed by atoms with E-state index in [1.54, 1.807) is 28.9 Å². The fourth-order valence-corrected chi connectivity index (χ4v) is 4.08. The summed E-state index contributed by atoms with van der Waals surface area (Å²) in [7, 11) is 0. The van der Waals surface area contributed by atoms with E-state index < -0.39 is 0 Å². The Kier molecular flexibility index (Phi) is 4.52. The van der Waals surface area contributed by atoms with Crippen molar-refractivity contribution in [2.75, 3.05) is 6.54 Å². The van der Waals surface area contributed by atoms with Gasteiger partial charge in [0.2, 0.25) is 0 Å². The Balaban J connectivity index is 1.70. The molecular weight excluding hydrogens is 310 g/mol. The van der Waals surface area contributed by atoms with E-state index in [1.807, 2.05) is 23.0 Å². The van der Waals surface area contributed by atoms with E-state index in [-0.39, 0.29) is 6.04 Å². The molecule has 0 saturated heterocycles. The summed E-state index contributed by atoms with van der Waals surface area (Å²) < 4.78 is 2.76. The van der Waals surface area contributed by atoms with Crippen LogP contribution >= 0.6 is 34.3 Å². The molecule has 1 unspecified atom stereocenters. The number of halogens is 1. The predicted molar refractivity (Wildman–Crippen MR) is 85.7 cm³/mol. The number of rotatable bonds is 6. The van der Waals surface area contributed by atoms with Gasteiger partial charge in [0, 0.05) is 28.7 Å². The lowest BCUT2D eigenvalue weighted by Gasteiger charge is -2.16. The highest BCUT2D eigenvalue weighted by Crippen LogP contribution is 2.32. The smallest absolute Gasteiger partial charge is 0.0931 e. The fraction of sp³-hybridized carbons (Fsp3) is 0.214. The minimum absolute atomic E-state index is 0.211. The molecule has 0 bridgehead atoms. The molecule has 0 amide bonds. The summed E-state index contributed by atoms with van der Waals surface area (Å²) in [5, 5.41) is 9.91. The first-order chi connectivity index (χ1) is 9.83. The summed E-state index contributed by atoms with van der Waals surface area (Å²) in [5.41, 5.74) is 0. The van der Waals surface area contributed by atoms with Crippen LogP contribution in [0.5, 0.6) is 0 Å². The van der Waals surface area contributed by atoms with Gasteiger partial charge in [-0.15, -0.1) is 22.7 Å². The number of nitrogens with zero attached hydrogens (tertiary/aromatic N) is 2. The molecule has 0 aromatic carbocycles. The second-order valence-corrected chi connectivity index (χ2v) is 7.04. The first kappa shape index (κ1) is 13.8. The topological polar surface area (TPSA) is 29.9 Å². The molecule has 0 fully saturated rings. The highest BCUT2D eigenvalue weighted by molar-refractivity contribution is 7.16. The average molecular weight is 324 g/mol. The van der Waals surface area contributed by atoms with Gasteiger partial charge in [0.25, 0.3) is 0 Å². The molecule has 3 heterocycles. The van der Waals surface area contributed by atoms with Gasteiger partial charge in [-0.1, -0.05) is 17.7 Å². The fourth-order valence-electron chi connectivity index (χ4n) is 2.04. The molecule has 0 aliphatic carbocycles. The van der Waals surface area contributed by atoms with Gasteiger partial charge in [0.15, 0.2) is 0 Å². The van der Waals surface area contributed by atoms with Crippen molar-refractivity contribution in [2.24, 2.45) is 0 Å². The molecule has 0 aliphatic heterocycles. The number of hydrogen-bond donors (Lipinski definition) is 1. The molecule has 0 saturated carbocycles. The highest BCUT2D eigenvalue weighted by atomic mass is 35.5. The second kappa shape index (κ2) is 6.54. The van der Waals surface area contributed by atoms with Gasteiger partial charge in [0.1, 0.15) is 0 Å². The molecule has 0 aliphatic rings. The molecule has 1 N–H and O–H groups in total. The van der Waals surface area contributed by atoms with Crippen LogP contribution < -0.4 is 5.32 Å². The van der Waals surface area contributed by atoms with Crippen LogP contribution in [-0.2, 0) is 6.54 Å². The largest absolute Gasteiger partial charge is 0.303 e. The van der Waals surface area contributed by atoms with Crippen LogP contribution in [0.2, 0.25) is 4.34 Å². The number of nitrogens with one attached hydrogen (secondary N) is 1. The second-order valence-electron chi connectivity index (χ2n) is 4.31. The summed E-state index contributed by atoms with van der Waals surface area (Å²) in [6.07, 6.45) is 3.78. The predicted octanol–water partition coefficient (Wildman–Crippen LogP) is 4.04. The normalized spacial score (nSPS) is 12.7. The number of thiophene rings is 2. The third-order valence-electron chi connectivity index (χ3n) is 2.95. The van der Waals surface area contributed by atoms with Crippen molar-refractivity contribution in [1.29, 1.82) is 0 Å². The Morgan fingerprint density at radius 1 is 1.25 bits per heavy atom. The van der Waals surface area contributed by atoms with E-state index >= 15 is 0 Å². The van der Waals surface area contributed by atoms with Crippen LogP contribution in [0.4, 0.5) is 0 Å². The van der Waals surface area contributed by atoms with Crippen molar-refractivity contribution in [3.05, 3.63) is 62.2 Å². The molecule has 6 heteroatoms. The standard InChI is InChI=1S/C14H14ClN3S2/c15-13-5-4-12(20-13)14(11-3-1-10-19-11)16-7-9-18-8-2-6-17-18/h1-6,8,10,14,16H,7,9H2. The quantitative estimate of drug-likeness (QED) is 0.742. The summed E-state index contributed by atoms with van der Waals surface area (Å²) in [5.74, 6) is 0. The van der Waals surface area contributed by atoms with Crippen molar-refractivity contribution >= 4 is 34.3 Å². The molecule has 0 spiro atoms. The van der Waals surface area contributed by atoms with Gasteiger partial charge >= 0.3 is 0 Å². The van der Waals surface area contributed by atoms with Crippen molar-refractivity contribution in [3.63, 3.8) is 0 Å². The molecular formula is C14H14ClN3S2. The van der Waals surface area contributed by atoms with Crippen LogP contribution in [0.15, 0.2) is 48.1 Å². The SMILES string of the molecule is Clc1ccc(C(NCCn2cccn2)c2cccs2)s1. The van der Waals surface area contributed by atoms with Crippen LogP contribution in [-0.4, -0.2) is 16.3 Å². The average Bonchev–Trinajstić information content (AvgIpc) is 3.17. The summed E-state index contributed by atoms with van der Waals surface area (Å²) in [4.78, 5) is 2.56. The lowest BCUT2D eigenvalue weighted by atomic mass is 10.2. The van der Waals surface area contributed by atoms with E-state index in [9.17, 15) is 0 Å². The van der Waals surface area contributed by atoms with E-state index in [0.717, 1.165) is 17.4 Å². The van der Waals surface area contributed by atoms with Crippen molar-refractivity contribution in [1.82, 2.24) is 15.1 Å². The van der Waals surface area contributed by atoms with E-state index in [0.29, 0.717) is 0 Å². The minimum atomic E-state index is 0.211. The van der Waals surface area contributed by atoms with Gasteiger partial charge in [-0.25, -0.2) is 0 Å². The van der Waals surface area contributed by atoms with Crippen LogP contribution in [0.3, 0.4) is 0 Å². The summed E-state index contributed by atoms with van der Waals surface area (Å²) >= 11 is 9.45. The lowest BCUT2D eigenvalue weighted by molar-refractivity contribution is 0.529. The molecule has 0 radical (unpaired) electrons. The molecule has 3 nitrogen and oxygen atoms in total. The maximum absolute atomic E-state index is 6.06. The van der Waals surface area contributed by atoms with E-state index in [2.05, 4.69) is 34.0 Å². The minimum Gasteiger partial charge on any atom is -0.303 e. The zero-order valence-electron chi connectivity index (χ0n) is 10.7. The lowest BCUT2D eigenvalue weighted by Crippen LogP contribution is -2.25. The first-order valence-corrected chi connectivity index (χ1v) is 8.40. The van der Waals surface area contributed by atoms with E-state index in [1.165, 1.54) is 9.75 Å². The zero-order valence-corrected chi connectivity index (χ0v) is 13.1. The van der Waals surface area contributed by atoms with Crippen molar-refractivity contribution in [3.8, 4) is 0 Å². The van der Waals surface area contributed by atoms with Gasteiger partial charge in [-0.3, -0.25) is 4.68 Å². The van der Waals surface area contributed by atoms with Crippen LogP contribution in [0, 0.1) is 0 Å². The van der Waals surface area contributed by atoms with Gasteiger partial charge in [0.05, 0.1) is 16.9 Å². The maximum Gasteiger partial charge on any atom is 0.0931 e. The zero-order chi connectivity index (χ0) is 13.8. The highest BCUT2D eigenvalue weighted by Gasteiger charge is 2.16. The Morgan fingerprint density at radius 3 is 2.85 bits per heavy atom. The maximum atomic E-state index is 6.06. The summed E-state index contributed by atoms with van der Waals surface area (Å²) in [6.45, 7) is 1.72. The molecule has 3 aromatic rings. The number of hydrogen-bond acceptors (Lipinski definition) is 4. The van der Waals surface area contributed by atoms with Crippen LogP contribution in [0.25, 0.3) is 0 Å². The van der Waals surface area contributed by atoms with Crippen molar-refractivity contribution < 1.29 is 0 Å². The third-order valence-corrected chi connectivity index (χ3v) is 5.19. The molecule has 3 aromatic heterocycles. The Labute approximate surface area is 130 Å². The monoisotopic (exact) mass is 323 g/mol. The Hall–Kier alpha value is -1.14. The van der Waals surface area contributed by atoms with Crippen LogP contribution in [0.1, 0.15) is 15.8 Å². The molecule has 3 rings (SSSR count).